The summed E-state index contributed by atoms with van der Waals surface area (Å²) in [5, 5.41) is 4.90. The lowest BCUT2D eigenvalue weighted by Crippen LogP contribution is -2.45. The van der Waals surface area contributed by atoms with E-state index < -0.39 is 0 Å². The number of benzene rings is 2. The second-order valence-electron chi connectivity index (χ2n) is 7.77. The fraction of sp³-hybridized carbons (Fsp3) is 0.304. The molecule has 0 bridgehead atoms. The highest BCUT2D eigenvalue weighted by molar-refractivity contribution is 6.36. The van der Waals surface area contributed by atoms with Gasteiger partial charge in [0, 0.05) is 22.8 Å². The van der Waals surface area contributed by atoms with Crippen LogP contribution in [0.25, 0.3) is 5.57 Å². The van der Waals surface area contributed by atoms with Crippen molar-refractivity contribution in [1.82, 2.24) is 5.43 Å². The van der Waals surface area contributed by atoms with Gasteiger partial charge in [0.1, 0.15) is 0 Å². The second-order valence-corrected chi connectivity index (χ2v) is 8.62. The third kappa shape index (κ3) is 4.34. The van der Waals surface area contributed by atoms with E-state index in [1.807, 2.05) is 6.92 Å². The van der Waals surface area contributed by atoms with Gasteiger partial charge in [-0.05, 0) is 81.7 Å². The Balaban J connectivity index is 1.86. The molecule has 0 unspecified atom stereocenters. The minimum Gasteiger partial charge on any atom is -0.363 e. The van der Waals surface area contributed by atoms with Gasteiger partial charge >= 0.3 is 0 Å². The highest BCUT2D eigenvalue weighted by Crippen LogP contribution is 2.39. The first-order valence-electron chi connectivity index (χ1n) is 9.54. The summed E-state index contributed by atoms with van der Waals surface area (Å²) in [6, 6.07) is 9.05. The maximum absolute atomic E-state index is 12.3. The van der Waals surface area contributed by atoms with Crippen molar-refractivity contribution in [3.63, 3.8) is 0 Å². The fourth-order valence-electron chi connectivity index (χ4n) is 3.86. The Bertz CT molecular complexity index is 1030. The number of anilines is 1. The highest BCUT2D eigenvalue weighted by Gasteiger charge is 2.30. The molecule has 0 atom stereocenters. The molecular formula is C23H25Cl2N3O. The zero-order valence-corrected chi connectivity index (χ0v) is 18.8. The summed E-state index contributed by atoms with van der Waals surface area (Å²) in [6.07, 6.45) is 3.96. The van der Waals surface area contributed by atoms with Gasteiger partial charge < -0.3 is 4.90 Å². The van der Waals surface area contributed by atoms with Crippen LogP contribution in [0.2, 0.25) is 10.0 Å². The number of allylic oxidation sites excluding steroid dienone is 1. The van der Waals surface area contributed by atoms with Gasteiger partial charge in [-0.3, -0.25) is 4.79 Å². The predicted octanol–water partition coefficient (Wildman–Crippen LogP) is 6.09. The largest absolute Gasteiger partial charge is 0.363 e. The van der Waals surface area contributed by atoms with Crippen LogP contribution in [0.4, 0.5) is 5.69 Å². The molecule has 1 aliphatic rings. The molecule has 0 aromatic heterocycles. The molecule has 1 aliphatic heterocycles. The van der Waals surface area contributed by atoms with Crippen molar-refractivity contribution in [2.45, 2.75) is 40.2 Å². The Morgan fingerprint density at radius 3 is 2.59 bits per heavy atom. The first kappa shape index (κ1) is 21.4. The van der Waals surface area contributed by atoms with Gasteiger partial charge in [0.25, 0.3) is 5.91 Å². The zero-order chi connectivity index (χ0) is 21.3. The number of nitrogens with zero attached hydrogens (tertiary/aromatic N) is 2. The quantitative estimate of drug-likeness (QED) is 0.472. The standard InChI is InChI=1S/C23H25Cl2N3O/c1-6-28-21-9-14(2)16(10-19(21)15(3)12-23(28,4)5)13-26-27-22(29)18-8-7-17(24)11-20(18)25/h7-13H,6H2,1-5H3,(H,27,29)/b26-13+. The van der Waals surface area contributed by atoms with E-state index in [2.05, 4.69) is 61.3 Å². The van der Waals surface area contributed by atoms with Crippen molar-refractivity contribution in [2.24, 2.45) is 5.10 Å². The maximum atomic E-state index is 12.3. The van der Waals surface area contributed by atoms with E-state index >= 15 is 0 Å². The van der Waals surface area contributed by atoms with E-state index in [0.717, 1.165) is 17.7 Å². The Morgan fingerprint density at radius 1 is 1.21 bits per heavy atom. The molecule has 0 spiro atoms. The second kappa shape index (κ2) is 8.21. The summed E-state index contributed by atoms with van der Waals surface area (Å²) >= 11 is 12.0. The first-order valence-corrected chi connectivity index (χ1v) is 10.3. The molecule has 2 aromatic rings. The monoisotopic (exact) mass is 429 g/mol. The lowest BCUT2D eigenvalue weighted by Gasteiger charge is -2.43. The number of carbonyl (C=O) groups excluding carboxylic acids is 1. The number of likely N-dealkylation sites (N-methyl/N-ethyl adjacent to an activating group) is 1. The number of carbonyl (C=O) groups is 1. The molecule has 1 heterocycles. The number of hydrazone groups is 1. The Morgan fingerprint density at radius 2 is 1.93 bits per heavy atom. The van der Waals surface area contributed by atoms with Crippen LogP contribution in [0, 0.1) is 6.92 Å². The summed E-state index contributed by atoms with van der Waals surface area (Å²) in [5.74, 6) is -0.381. The molecule has 3 rings (SSSR count). The van der Waals surface area contributed by atoms with E-state index in [4.69, 9.17) is 23.2 Å². The van der Waals surface area contributed by atoms with Gasteiger partial charge in [-0.15, -0.1) is 0 Å². The van der Waals surface area contributed by atoms with E-state index in [-0.39, 0.29) is 16.5 Å². The summed E-state index contributed by atoms with van der Waals surface area (Å²) in [7, 11) is 0. The van der Waals surface area contributed by atoms with E-state index in [1.165, 1.54) is 22.9 Å². The number of hydrogen-bond acceptors (Lipinski definition) is 3. The Hall–Kier alpha value is -2.30. The van der Waals surface area contributed by atoms with Gasteiger partial charge in [-0.25, -0.2) is 5.43 Å². The van der Waals surface area contributed by atoms with Crippen molar-refractivity contribution >= 4 is 46.6 Å². The molecule has 0 radical (unpaired) electrons. The molecule has 0 fully saturated rings. The van der Waals surface area contributed by atoms with Crippen LogP contribution in [0.15, 0.2) is 41.5 Å². The minimum absolute atomic E-state index is 0.0281. The van der Waals surface area contributed by atoms with Crippen LogP contribution < -0.4 is 10.3 Å². The molecule has 2 aromatic carbocycles. The molecule has 4 nitrogen and oxygen atoms in total. The smallest absolute Gasteiger partial charge is 0.272 e. The molecule has 0 saturated heterocycles. The number of nitrogens with one attached hydrogen (secondary N) is 1. The molecule has 1 N–H and O–H groups in total. The number of hydrogen-bond donors (Lipinski definition) is 1. The third-order valence-electron chi connectivity index (χ3n) is 5.23. The van der Waals surface area contributed by atoms with Crippen molar-refractivity contribution in [3.8, 4) is 0 Å². The summed E-state index contributed by atoms with van der Waals surface area (Å²) in [6.45, 7) is 11.7. The number of fused-ring (bicyclic) bond motifs is 1. The van der Waals surface area contributed by atoms with Crippen LogP contribution in [-0.4, -0.2) is 24.2 Å². The van der Waals surface area contributed by atoms with E-state index in [0.29, 0.717) is 10.6 Å². The number of rotatable bonds is 4. The summed E-state index contributed by atoms with van der Waals surface area (Å²) in [4.78, 5) is 14.7. The van der Waals surface area contributed by atoms with Gasteiger partial charge in [0.15, 0.2) is 0 Å². The molecule has 0 saturated carbocycles. The predicted molar refractivity (Wildman–Crippen MR) is 123 cm³/mol. The highest BCUT2D eigenvalue weighted by atomic mass is 35.5. The lowest BCUT2D eigenvalue weighted by atomic mass is 9.87. The Kier molecular flexibility index (Phi) is 6.06. The van der Waals surface area contributed by atoms with Gasteiger partial charge in [0.05, 0.1) is 22.3 Å². The van der Waals surface area contributed by atoms with Crippen LogP contribution in [-0.2, 0) is 0 Å². The van der Waals surface area contributed by atoms with Gasteiger partial charge in [0.2, 0.25) is 0 Å². The normalized spacial score (nSPS) is 15.3. The zero-order valence-electron chi connectivity index (χ0n) is 17.3. The topological polar surface area (TPSA) is 44.7 Å². The van der Waals surface area contributed by atoms with Gasteiger partial charge in [-0.1, -0.05) is 29.3 Å². The van der Waals surface area contributed by atoms with E-state index in [1.54, 1.807) is 18.3 Å². The summed E-state index contributed by atoms with van der Waals surface area (Å²) < 4.78 is 0. The van der Waals surface area contributed by atoms with Crippen molar-refractivity contribution < 1.29 is 4.79 Å². The molecule has 0 aliphatic carbocycles. The first-order chi connectivity index (χ1) is 13.6. The maximum Gasteiger partial charge on any atom is 0.272 e. The molecule has 152 valence electrons. The average molecular weight is 430 g/mol. The molecule has 29 heavy (non-hydrogen) atoms. The average Bonchev–Trinajstić information content (AvgIpc) is 2.62. The lowest BCUT2D eigenvalue weighted by molar-refractivity contribution is 0.0955. The van der Waals surface area contributed by atoms with Crippen LogP contribution in [0.1, 0.15) is 54.7 Å². The number of aryl methyl sites for hydroxylation is 1. The van der Waals surface area contributed by atoms with E-state index in [9.17, 15) is 4.79 Å². The SMILES string of the molecule is CCN1c2cc(C)c(/C=N/NC(=O)c3ccc(Cl)cc3Cl)cc2C(C)=CC1(C)C. The van der Waals surface area contributed by atoms with Crippen LogP contribution >= 0.6 is 23.2 Å². The minimum atomic E-state index is -0.381. The van der Waals surface area contributed by atoms with Crippen molar-refractivity contribution in [3.05, 3.63) is 68.7 Å². The third-order valence-corrected chi connectivity index (χ3v) is 5.77. The number of halogens is 2. The molecular weight excluding hydrogens is 405 g/mol. The molecule has 6 heteroatoms. The van der Waals surface area contributed by atoms with Gasteiger partial charge in [-0.2, -0.15) is 5.10 Å². The van der Waals surface area contributed by atoms with Crippen LogP contribution in [0.5, 0.6) is 0 Å². The van der Waals surface area contributed by atoms with Crippen LogP contribution in [0.3, 0.4) is 0 Å². The van der Waals surface area contributed by atoms with Crippen molar-refractivity contribution in [2.75, 3.05) is 11.4 Å². The number of amides is 1. The van der Waals surface area contributed by atoms with Crippen molar-refractivity contribution in [1.29, 1.82) is 0 Å². The molecule has 1 amide bonds. The Labute approximate surface area is 182 Å². The fourth-order valence-corrected chi connectivity index (χ4v) is 4.35. The summed E-state index contributed by atoms with van der Waals surface area (Å²) in [5.41, 5.74) is 8.53.